The van der Waals surface area contributed by atoms with Crippen LogP contribution in [0.1, 0.15) is 70.4 Å². The molecule has 0 fully saturated rings. The van der Waals surface area contributed by atoms with E-state index in [1.54, 1.807) is 30.3 Å². The summed E-state index contributed by atoms with van der Waals surface area (Å²) in [4.78, 5) is 43.9. The number of ether oxygens (including phenoxy) is 1. The van der Waals surface area contributed by atoms with E-state index < -0.39 is 5.92 Å². The number of carbonyl (C=O) groups is 3. The number of allylic oxidation sites excluding steroid dienone is 4. The molecule has 1 amide bonds. The summed E-state index contributed by atoms with van der Waals surface area (Å²) >= 11 is 9.90. The first-order valence-corrected chi connectivity index (χ1v) is 17.3. The summed E-state index contributed by atoms with van der Waals surface area (Å²) in [6.45, 7) is 8.98. The van der Waals surface area contributed by atoms with Crippen LogP contribution in [0.4, 0.5) is 5.69 Å². The SMILES string of the molecule is CC1(C)CC(=O)C2=C(C1)N(CCc1ccccc1)C1=C(C(=O)CC(C)(C)C1)C2c1cc(Br)ccc1OCC(=O)Nc1ccccc1Cl. The lowest BCUT2D eigenvalue weighted by Gasteiger charge is -2.49. The van der Waals surface area contributed by atoms with Crippen molar-refractivity contribution < 1.29 is 19.1 Å². The smallest absolute Gasteiger partial charge is 0.262 e. The molecule has 6 nitrogen and oxygen atoms in total. The van der Waals surface area contributed by atoms with Gasteiger partial charge in [-0.05, 0) is 66.0 Å². The maximum atomic E-state index is 14.3. The summed E-state index contributed by atoms with van der Waals surface area (Å²) in [7, 11) is 0. The van der Waals surface area contributed by atoms with Crippen molar-refractivity contribution in [2.24, 2.45) is 10.8 Å². The molecule has 0 spiro atoms. The van der Waals surface area contributed by atoms with Crippen molar-refractivity contribution in [3.05, 3.63) is 116 Å². The van der Waals surface area contributed by atoms with Crippen molar-refractivity contribution >= 4 is 50.7 Å². The van der Waals surface area contributed by atoms with E-state index in [9.17, 15) is 14.4 Å². The largest absolute Gasteiger partial charge is 0.483 e. The van der Waals surface area contributed by atoms with Gasteiger partial charge in [0.2, 0.25) is 0 Å². The third-order valence-electron chi connectivity index (χ3n) is 9.28. The zero-order valence-electron chi connectivity index (χ0n) is 27.3. The third kappa shape index (κ3) is 7.12. The molecule has 0 saturated carbocycles. The van der Waals surface area contributed by atoms with Crippen LogP contribution in [0.15, 0.2) is 99.8 Å². The average Bonchev–Trinajstić information content (AvgIpc) is 2.99. The van der Waals surface area contributed by atoms with E-state index in [2.05, 4.69) is 66.0 Å². The van der Waals surface area contributed by atoms with Gasteiger partial charge in [0.15, 0.2) is 18.2 Å². The Labute approximate surface area is 290 Å². The van der Waals surface area contributed by atoms with E-state index in [1.165, 1.54) is 5.56 Å². The molecule has 47 heavy (non-hydrogen) atoms. The van der Waals surface area contributed by atoms with Crippen LogP contribution in [0.25, 0.3) is 0 Å². The van der Waals surface area contributed by atoms with Crippen LogP contribution in [0.5, 0.6) is 5.75 Å². The van der Waals surface area contributed by atoms with Gasteiger partial charge in [-0.15, -0.1) is 0 Å². The predicted octanol–water partition coefficient (Wildman–Crippen LogP) is 9.05. The van der Waals surface area contributed by atoms with Crippen LogP contribution in [-0.4, -0.2) is 35.5 Å². The van der Waals surface area contributed by atoms with Crippen LogP contribution in [0.2, 0.25) is 5.02 Å². The van der Waals surface area contributed by atoms with Crippen LogP contribution in [0.3, 0.4) is 0 Å². The average molecular weight is 716 g/mol. The first-order chi connectivity index (χ1) is 22.3. The van der Waals surface area contributed by atoms with Crippen LogP contribution in [0, 0.1) is 10.8 Å². The molecule has 2 aliphatic carbocycles. The van der Waals surface area contributed by atoms with Gasteiger partial charge in [0, 0.05) is 57.9 Å². The number of ketones is 2. The number of hydrogen-bond acceptors (Lipinski definition) is 5. The number of nitrogens with one attached hydrogen (secondary N) is 1. The standard InChI is InChI=1S/C39H40BrClN2O4/c1-38(2)19-29-36(31(44)21-38)35(26-18-25(40)14-15-33(26)47-23-34(46)42-28-13-9-8-12-27(28)41)37-30(20-39(3,4)22-32(37)45)43(29)17-16-24-10-6-5-7-11-24/h5-15,18,35H,16-17,19-23H2,1-4H3,(H,42,46). The highest BCUT2D eigenvalue weighted by molar-refractivity contribution is 9.10. The van der Waals surface area contributed by atoms with E-state index >= 15 is 0 Å². The second-order valence-corrected chi connectivity index (χ2v) is 15.7. The highest BCUT2D eigenvalue weighted by atomic mass is 79.9. The fourth-order valence-electron chi connectivity index (χ4n) is 7.28. The first kappa shape index (κ1) is 33.2. The Bertz CT molecular complexity index is 1760. The summed E-state index contributed by atoms with van der Waals surface area (Å²) in [6, 6.07) is 22.9. The minimum atomic E-state index is -0.598. The fourth-order valence-corrected chi connectivity index (χ4v) is 7.84. The van der Waals surface area contributed by atoms with Crippen LogP contribution in [-0.2, 0) is 20.8 Å². The summed E-state index contributed by atoms with van der Waals surface area (Å²) in [5.41, 5.74) is 5.29. The maximum Gasteiger partial charge on any atom is 0.262 e. The van der Waals surface area contributed by atoms with Crippen molar-refractivity contribution in [3.8, 4) is 5.75 Å². The van der Waals surface area contributed by atoms with Crippen molar-refractivity contribution in [2.75, 3.05) is 18.5 Å². The van der Waals surface area contributed by atoms with Gasteiger partial charge in [-0.3, -0.25) is 14.4 Å². The molecule has 0 atom stereocenters. The highest BCUT2D eigenvalue weighted by Crippen LogP contribution is 2.55. The third-order valence-corrected chi connectivity index (χ3v) is 10.1. The van der Waals surface area contributed by atoms with Gasteiger partial charge >= 0.3 is 0 Å². The number of Topliss-reactive ketones (excluding diaryl/α,β-unsaturated/α-hetero) is 2. The quantitative estimate of drug-likeness (QED) is 0.252. The number of amides is 1. The van der Waals surface area contributed by atoms with Crippen molar-refractivity contribution in [3.63, 3.8) is 0 Å². The number of carbonyl (C=O) groups excluding carboxylic acids is 3. The minimum absolute atomic E-state index is 0.0533. The monoisotopic (exact) mass is 714 g/mol. The number of rotatable bonds is 8. The Hall–Kier alpha value is -3.68. The van der Waals surface area contributed by atoms with Gasteiger partial charge < -0.3 is 15.0 Å². The summed E-state index contributed by atoms with van der Waals surface area (Å²) in [5, 5.41) is 3.24. The Morgan fingerprint density at radius 3 is 2.09 bits per heavy atom. The molecule has 3 aromatic carbocycles. The Kier molecular flexibility index (Phi) is 9.25. The first-order valence-electron chi connectivity index (χ1n) is 16.1. The highest BCUT2D eigenvalue weighted by Gasteiger charge is 2.49. The van der Waals surface area contributed by atoms with Gasteiger partial charge in [0.05, 0.1) is 10.7 Å². The Balaban J connectivity index is 1.44. The normalized spacial score (nSPS) is 19.0. The number of para-hydroxylation sites is 1. The summed E-state index contributed by atoms with van der Waals surface area (Å²) in [5.74, 6) is -0.401. The Morgan fingerprint density at radius 2 is 1.47 bits per heavy atom. The second kappa shape index (κ2) is 13.1. The van der Waals surface area contributed by atoms with Gasteiger partial charge in [-0.2, -0.15) is 0 Å². The van der Waals surface area contributed by atoms with Crippen molar-refractivity contribution in [1.29, 1.82) is 0 Å². The van der Waals surface area contributed by atoms with E-state index in [4.69, 9.17) is 16.3 Å². The van der Waals surface area contributed by atoms with Gasteiger partial charge in [0.25, 0.3) is 5.91 Å². The van der Waals surface area contributed by atoms with Crippen molar-refractivity contribution in [2.45, 2.75) is 65.7 Å². The number of benzene rings is 3. The molecule has 1 aliphatic heterocycles. The molecule has 244 valence electrons. The predicted molar refractivity (Wildman–Crippen MR) is 189 cm³/mol. The maximum absolute atomic E-state index is 14.3. The molecular weight excluding hydrogens is 676 g/mol. The number of halogens is 2. The zero-order valence-corrected chi connectivity index (χ0v) is 29.6. The van der Waals surface area contributed by atoms with E-state index in [1.807, 2.05) is 30.3 Å². The lowest BCUT2D eigenvalue weighted by Crippen LogP contribution is -2.45. The topological polar surface area (TPSA) is 75.7 Å². The molecule has 0 unspecified atom stereocenters. The van der Waals surface area contributed by atoms with Gasteiger partial charge in [-0.25, -0.2) is 0 Å². The molecule has 6 rings (SSSR count). The van der Waals surface area contributed by atoms with Crippen molar-refractivity contribution in [1.82, 2.24) is 4.90 Å². The molecular formula is C39H40BrClN2O4. The molecule has 0 radical (unpaired) electrons. The van der Waals surface area contributed by atoms with Gasteiger partial charge in [-0.1, -0.05) is 97.7 Å². The number of anilines is 1. The fraction of sp³-hybridized carbons (Fsp3) is 0.359. The number of nitrogens with zero attached hydrogens (tertiary/aromatic N) is 1. The minimum Gasteiger partial charge on any atom is -0.483 e. The summed E-state index contributed by atoms with van der Waals surface area (Å²) in [6.07, 6.45) is 3.00. The zero-order chi connectivity index (χ0) is 33.5. The van der Waals surface area contributed by atoms with E-state index in [0.29, 0.717) is 52.6 Å². The molecule has 0 bridgehead atoms. The number of hydrogen-bond donors (Lipinski definition) is 1. The molecule has 0 saturated heterocycles. The molecule has 0 aromatic heterocycles. The molecule has 8 heteroatoms. The van der Waals surface area contributed by atoms with E-state index in [0.717, 1.165) is 35.1 Å². The van der Waals surface area contributed by atoms with E-state index in [-0.39, 0.29) is 34.9 Å². The molecule has 1 heterocycles. The van der Waals surface area contributed by atoms with Crippen LogP contribution >= 0.6 is 27.5 Å². The molecule has 1 N–H and O–H groups in total. The lowest BCUT2D eigenvalue weighted by molar-refractivity contribution is -0.120. The lowest BCUT2D eigenvalue weighted by atomic mass is 9.63. The van der Waals surface area contributed by atoms with Gasteiger partial charge in [0.1, 0.15) is 5.75 Å². The summed E-state index contributed by atoms with van der Waals surface area (Å²) < 4.78 is 7.00. The molecule has 3 aromatic rings. The molecule has 3 aliphatic rings. The Morgan fingerprint density at radius 1 is 0.872 bits per heavy atom. The second-order valence-electron chi connectivity index (χ2n) is 14.4. The van der Waals surface area contributed by atoms with Crippen LogP contribution < -0.4 is 10.1 Å².